The number of carbonyl (C=O) groups excluding carboxylic acids is 1. The SMILES string of the molecule is CC1(C)c2ccccc2C(=O)c2c1oc1ccccc21. The summed E-state index contributed by atoms with van der Waals surface area (Å²) < 4.78 is 6.01. The van der Waals surface area contributed by atoms with E-state index in [1.807, 2.05) is 48.5 Å². The summed E-state index contributed by atoms with van der Waals surface area (Å²) in [4.78, 5) is 12.8. The minimum absolute atomic E-state index is 0.0693. The third-order valence-electron chi connectivity index (χ3n) is 4.24. The minimum atomic E-state index is -0.293. The van der Waals surface area contributed by atoms with Crippen molar-refractivity contribution in [1.82, 2.24) is 0 Å². The minimum Gasteiger partial charge on any atom is -0.459 e. The number of fused-ring (bicyclic) bond motifs is 4. The van der Waals surface area contributed by atoms with E-state index in [2.05, 4.69) is 13.8 Å². The maximum absolute atomic E-state index is 12.8. The van der Waals surface area contributed by atoms with Crippen molar-refractivity contribution in [1.29, 1.82) is 0 Å². The summed E-state index contributed by atoms with van der Waals surface area (Å²) in [6.07, 6.45) is 0. The fourth-order valence-electron chi connectivity index (χ4n) is 3.19. The lowest BCUT2D eigenvalue weighted by atomic mass is 9.72. The molecule has 4 rings (SSSR count). The second-order valence-electron chi connectivity index (χ2n) is 5.80. The van der Waals surface area contributed by atoms with E-state index < -0.39 is 0 Å². The van der Waals surface area contributed by atoms with Crippen LogP contribution in [0.1, 0.15) is 41.1 Å². The van der Waals surface area contributed by atoms with E-state index in [-0.39, 0.29) is 11.2 Å². The molecule has 2 aromatic carbocycles. The van der Waals surface area contributed by atoms with E-state index >= 15 is 0 Å². The lowest BCUT2D eigenvalue weighted by Crippen LogP contribution is -2.29. The molecule has 2 heteroatoms. The summed E-state index contributed by atoms with van der Waals surface area (Å²) in [5.74, 6) is 0.849. The molecular weight excluding hydrogens is 248 g/mol. The fourth-order valence-corrected chi connectivity index (χ4v) is 3.19. The van der Waals surface area contributed by atoms with E-state index in [0.717, 1.165) is 33.4 Å². The first kappa shape index (κ1) is 11.5. The van der Waals surface area contributed by atoms with Gasteiger partial charge in [0.1, 0.15) is 11.3 Å². The summed E-state index contributed by atoms with van der Waals surface area (Å²) in [7, 11) is 0. The summed E-state index contributed by atoms with van der Waals surface area (Å²) in [5.41, 5.74) is 3.04. The van der Waals surface area contributed by atoms with Crippen molar-refractivity contribution < 1.29 is 9.21 Å². The van der Waals surface area contributed by atoms with Crippen LogP contribution in [0.25, 0.3) is 11.0 Å². The van der Waals surface area contributed by atoms with Gasteiger partial charge in [-0.05, 0) is 25.5 Å². The van der Waals surface area contributed by atoms with Crippen LogP contribution in [0.15, 0.2) is 52.9 Å². The van der Waals surface area contributed by atoms with Gasteiger partial charge in [-0.25, -0.2) is 0 Å². The van der Waals surface area contributed by atoms with Gasteiger partial charge in [0.05, 0.1) is 5.56 Å². The van der Waals surface area contributed by atoms with E-state index in [0.29, 0.717) is 0 Å². The zero-order chi connectivity index (χ0) is 13.9. The molecule has 1 heterocycles. The molecule has 1 aliphatic carbocycles. The molecule has 0 saturated heterocycles. The molecular formula is C18H14O2. The van der Waals surface area contributed by atoms with Gasteiger partial charge in [0.15, 0.2) is 5.78 Å². The number of hydrogen-bond donors (Lipinski definition) is 0. The molecule has 3 aromatic rings. The highest BCUT2D eigenvalue weighted by Gasteiger charge is 2.40. The van der Waals surface area contributed by atoms with E-state index in [1.165, 1.54) is 0 Å². The van der Waals surface area contributed by atoms with Crippen molar-refractivity contribution in [2.75, 3.05) is 0 Å². The Kier molecular flexibility index (Phi) is 2.07. The molecule has 0 amide bonds. The van der Waals surface area contributed by atoms with E-state index in [4.69, 9.17) is 4.42 Å². The largest absolute Gasteiger partial charge is 0.459 e. The molecule has 1 aliphatic rings. The second kappa shape index (κ2) is 3.60. The van der Waals surface area contributed by atoms with Crippen LogP contribution in [0.4, 0.5) is 0 Å². The first-order valence-electron chi connectivity index (χ1n) is 6.77. The molecule has 2 nitrogen and oxygen atoms in total. The number of benzene rings is 2. The Hall–Kier alpha value is -2.35. The maximum atomic E-state index is 12.8. The smallest absolute Gasteiger partial charge is 0.197 e. The topological polar surface area (TPSA) is 30.2 Å². The number of rotatable bonds is 0. The quantitative estimate of drug-likeness (QED) is 0.604. The Morgan fingerprint density at radius 2 is 1.65 bits per heavy atom. The lowest BCUT2D eigenvalue weighted by molar-refractivity contribution is 0.102. The zero-order valence-electron chi connectivity index (χ0n) is 11.4. The molecule has 0 fully saturated rings. The standard InChI is InChI=1S/C18H14O2/c1-18(2)13-9-5-3-7-11(13)16(19)15-12-8-4-6-10-14(12)20-17(15)18/h3-10H,1-2H3. The number of hydrogen-bond acceptors (Lipinski definition) is 2. The van der Waals surface area contributed by atoms with E-state index in [1.54, 1.807) is 0 Å². The van der Waals surface area contributed by atoms with Crippen LogP contribution in [-0.4, -0.2) is 5.78 Å². The van der Waals surface area contributed by atoms with Gasteiger partial charge in [-0.1, -0.05) is 42.5 Å². The Balaban J connectivity index is 2.16. The van der Waals surface area contributed by atoms with Gasteiger partial charge in [-0.2, -0.15) is 0 Å². The van der Waals surface area contributed by atoms with Crippen LogP contribution >= 0.6 is 0 Å². The average molecular weight is 262 g/mol. The summed E-state index contributed by atoms with van der Waals surface area (Å²) >= 11 is 0. The van der Waals surface area contributed by atoms with Crippen molar-refractivity contribution in [3.63, 3.8) is 0 Å². The molecule has 0 unspecified atom stereocenters. The first-order valence-corrected chi connectivity index (χ1v) is 6.77. The highest BCUT2D eigenvalue weighted by molar-refractivity contribution is 6.19. The van der Waals surface area contributed by atoms with Gasteiger partial charge in [0.25, 0.3) is 0 Å². The highest BCUT2D eigenvalue weighted by atomic mass is 16.3. The molecule has 0 saturated carbocycles. The molecule has 0 atom stereocenters. The van der Waals surface area contributed by atoms with Gasteiger partial charge in [-0.15, -0.1) is 0 Å². The normalized spacial score (nSPS) is 16.0. The van der Waals surface area contributed by atoms with Crippen molar-refractivity contribution >= 4 is 16.8 Å². The summed E-state index contributed by atoms with van der Waals surface area (Å²) in [5, 5.41) is 0.912. The van der Waals surface area contributed by atoms with Gasteiger partial charge >= 0.3 is 0 Å². The molecule has 20 heavy (non-hydrogen) atoms. The fraction of sp³-hybridized carbons (Fsp3) is 0.167. The van der Waals surface area contributed by atoms with E-state index in [9.17, 15) is 4.79 Å². The Labute approximate surface area is 117 Å². The van der Waals surface area contributed by atoms with Crippen molar-refractivity contribution in [3.8, 4) is 0 Å². The Morgan fingerprint density at radius 3 is 2.50 bits per heavy atom. The first-order chi connectivity index (χ1) is 9.60. The predicted octanol–water partition coefficient (Wildman–Crippen LogP) is 4.30. The third-order valence-corrected chi connectivity index (χ3v) is 4.24. The number of carbonyl (C=O) groups is 1. The van der Waals surface area contributed by atoms with Crippen LogP contribution in [0.3, 0.4) is 0 Å². The van der Waals surface area contributed by atoms with Crippen LogP contribution < -0.4 is 0 Å². The lowest BCUT2D eigenvalue weighted by Gasteiger charge is -2.30. The Bertz CT molecular complexity index is 853. The van der Waals surface area contributed by atoms with Crippen molar-refractivity contribution in [3.05, 3.63) is 71.0 Å². The summed E-state index contributed by atoms with van der Waals surface area (Å²) in [6, 6.07) is 15.6. The van der Waals surface area contributed by atoms with Gasteiger partial charge in [0.2, 0.25) is 0 Å². The second-order valence-corrected chi connectivity index (χ2v) is 5.80. The van der Waals surface area contributed by atoms with Crippen LogP contribution in [0.2, 0.25) is 0 Å². The van der Waals surface area contributed by atoms with Gasteiger partial charge < -0.3 is 4.42 Å². The van der Waals surface area contributed by atoms with Gasteiger partial charge in [0, 0.05) is 16.4 Å². The molecule has 0 aliphatic heterocycles. The zero-order valence-corrected chi connectivity index (χ0v) is 11.4. The third kappa shape index (κ3) is 1.26. The number of para-hydroxylation sites is 1. The molecule has 98 valence electrons. The van der Waals surface area contributed by atoms with Crippen molar-refractivity contribution in [2.24, 2.45) is 0 Å². The van der Waals surface area contributed by atoms with Crippen LogP contribution in [-0.2, 0) is 5.41 Å². The highest BCUT2D eigenvalue weighted by Crippen LogP contribution is 2.44. The maximum Gasteiger partial charge on any atom is 0.197 e. The molecule has 0 N–H and O–H groups in total. The van der Waals surface area contributed by atoms with Crippen LogP contribution in [0.5, 0.6) is 0 Å². The average Bonchev–Trinajstić information content (AvgIpc) is 2.86. The monoisotopic (exact) mass is 262 g/mol. The van der Waals surface area contributed by atoms with Gasteiger partial charge in [-0.3, -0.25) is 4.79 Å². The van der Waals surface area contributed by atoms with Crippen molar-refractivity contribution in [2.45, 2.75) is 19.3 Å². The predicted molar refractivity (Wildman–Crippen MR) is 78.2 cm³/mol. The molecule has 0 radical (unpaired) electrons. The van der Waals surface area contributed by atoms with Crippen LogP contribution in [0, 0.1) is 0 Å². The number of furan rings is 1. The Morgan fingerprint density at radius 1 is 0.950 bits per heavy atom. The molecule has 0 bridgehead atoms. The number of ketones is 1. The molecule has 0 spiro atoms. The molecule has 1 aromatic heterocycles. The summed E-state index contributed by atoms with van der Waals surface area (Å²) in [6.45, 7) is 4.22.